The van der Waals surface area contributed by atoms with Gasteiger partial charge in [0.05, 0.1) is 6.54 Å². The first-order valence-corrected chi connectivity index (χ1v) is 5.94. The fourth-order valence-corrected chi connectivity index (χ4v) is 2.10. The summed E-state index contributed by atoms with van der Waals surface area (Å²) in [6.45, 7) is 0.409. The molecule has 0 saturated carbocycles. The third-order valence-corrected chi connectivity index (χ3v) is 3.05. The fraction of sp³-hybridized carbons (Fsp3) is 0.333. The van der Waals surface area contributed by atoms with Crippen molar-refractivity contribution in [3.05, 3.63) is 17.7 Å². The highest BCUT2D eigenvalue weighted by molar-refractivity contribution is 7.11. The highest BCUT2D eigenvalue weighted by Gasteiger charge is 2.18. The number of carbonyl (C=O) groups is 1. The van der Waals surface area contributed by atoms with Crippen molar-refractivity contribution < 1.29 is 4.79 Å². The first-order chi connectivity index (χ1) is 8.61. The van der Waals surface area contributed by atoms with Gasteiger partial charge in [0.2, 0.25) is 0 Å². The average Bonchev–Trinajstić information content (AvgIpc) is 2.92. The molecule has 0 saturated heterocycles. The maximum absolute atomic E-state index is 11.6. The zero-order valence-corrected chi connectivity index (χ0v) is 10.8. The number of nitrogen functional groups attached to an aromatic ring is 1. The van der Waals surface area contributed by atoms with E-state index in [0.29, 0.717) is 22.9 Å². The molecule has 4 N–H and O–H groups in total. The number of amides is 1. The first-order valence-electron chi connectivity index (χ1n) is 5.17. The number of anilines is 2. The van der Waals surface area contributed by atoms with E-state index in [2.05, 4.69) is 25.1 Å². The van der Waals surface area contributed by atoms with Gasteiger partial charge in [-0.1, -0.05) is 0 Å². The van der Waals surface area contributed by atoms with E-state index in [9.17, 15) is 4.79 Å². The number of aryl methyl sites for hydroxylation is 1. The van der Waals surface area contributed by atoms with E-state index in [0.717, 1.165) is 11.5 Å². The van der Waals surface area contributed by atoms with E-state index >= 15 is 0 Å². The number of rotatable bonds is 4. The summed E-state index contributed by atoms with van der Waals surface area (Å²) in [5.74, 6) is 0.584. The Balaban J connectivity index is 2.12. The molecule has 0 fully saturated rings. The number of hydrogen-bond acceptors (Lipinski definition) is 7. The summed E-state index contributed by atoms with van der Waals surface area (Å²) in [5, 5.41) is 10.3. The van der Waals surface area contributed by atoms with Crippen LogP contribution >= 0.6 is 11.5 Å². The Morgan fingerprint density at radius 3 is 3.00 bits per heavy atom. The minimum absolute atomic E-state index is 0.218. The van der Waals surface area contributed by atoms with Crippen LogP contribution in [0.5, 0.6) is 0 Å². The summed E-state index contributed by atoms with van der Waals surface area (Å²) in [6, 6.07) is 0. The number of nitrogens with two attached hydrogens (primary N) is 1. The third kappa shape index (κ3) is 2.40. The van der Waals surface area contributed by atoms with Crippen molar-refractivity contribution >= 4 is 28.3 Å². The van der Waals surface area contributed by atoms with Gasteiger partial charge in [0.15, 0.2) is 11.6 Å². The van der Waals surface area contributed by atoms with Gasteiger partial charge in [-0.05, 0) is 11.5 Å². The molecule has 0 spiro atoms. The van der Waals surface area contributed by atoms with Gasteiger partial charge in [0.1, 0.15) is 16.9 Å². The summed E-state index contributed by atoms with van der Waals surface area (Å²) in [4.78, 5) is 15.7. The lowest BCUT2D eigenvalue weighted by Crippen LogP contribution is -2.20. The van der Waals surface area contributed by atoms with Crippen LogP contribution in [0.3, 0.4) is 0 Å². The van der Waals surface area contributed by atoms with E-state index in [1.54, 1.807) is 25.1 Å². The molecule has 2 heterocycles. The summed E-state index contributed by atoms with van der Waals surface area (Å²) >= 11 is 1.14. The molecule has 1 amide bonds. The van der Waals surface area contributed by atoms with Crippen molar-refractivity contribution in [1.82, 2.24) is 24.5 Å². The van der Waals surface area contributed by atoms with Gasteiger partial charge >= 0.3 is 0 Å². The van der Waals surface area contributed by atoms with Crippen molar-refractivity contribution in [2.75, 3.05) is 18.1 Å². The fourth-order valence-electron chi connectivity index (χ4n) is 1.39. The van der Waals surface area contributed by atoms with Crippen molar-refractivity contribution in [3.63, 3.8) is 0 Å². The summed E-state index contributed by atoms with van der Waals surface area (Å²) in [6.07, 6.45) is 1.61. The normalized spacial score (nSPS) is 10.3. The Morgan fingerprint density at radius 2 is 2.39 bits per heavy atom. The summed E-state index contributed by atoms with van der Waals surface area (Å²) in [7, 11) is 3.33. The maximum atomic E-state index is 11.6. The second-order valence-electron chi connectivity index (χ2n) is 3.54. The van der Waals surface area contributed by atoms with Gasteiger partial charge in [-0.3, -0.25) is 9.48 Å². The molecule has 0 aliphatic rings. The van der Waals surface area contributed by atoms with Gasteiger partial charge in [-0.25, -0.2) is 4.98 Å². The van der Waals surface area contributed by atoms with Crippen molar-refractivity contribution in [2.24, 2.45) is 7.05 Å². The standard InChI is InChI=1S/C9H13N7OS/c1-11-8(17)6-7(10)15-18-9(6)12-3-5-13-4-16(2)14-5/h4,12H,3H2,1-2H3,(H2,10,15)(H,11,17). The molecule has 0 atom stereocenters. The van der Waals surface area contributed by atoms with Gasteiger partial charge in [0.25, 0.3) is 5.91 Å². The molecule has 0 radical (unpaired) electrons. The molecule has 96 valence electrons. The quantitative estimate of drug-likeness (QED) is 0.709. The van der Waals surface area contributed by atoms with Crippen LogP contribution < -0.4 is 16.4 Å². The summed E-state index contributed by atoms with van der Waals surface area (Å²) < 4.78 is 5.56. The lowest BCUT2D eigenvalue weighted by molar-refractivity contribution is 0.0965. The topological polar surface area (TPSA) is 111 Å². The average molecular weight is 267 g/mol. The lowest BCUT2D eigenvalue weighted by Gasteiger charge is -2.03. The third-order valence-electron chi connectivity index (χ3n) is 2.23. The van der Waals surface area contributed by atoms with Gasteiger partial charge in [0, 0.05) is 14.1 Å². The highest BCUT2D eigenvalue weighted by Crippen LogP contribution is 2.26. The Bertz CT molecular complexity index is 561. The Labute approximate surface area is 107 Å². The Hall–Kier alpha value is -2.16. The summed E-state index contributed by atoms with van der Waals surface area (Å²) in [5.41, 5.74) is 6.01. The van der Waals surface area contributed by atoms with Crippen molar-refractivity contribution in [1.29, 1.82) is 0 Å². The van der Waals surface area contributed by atoms with Crippen LogP contribution in [0.2, 0.25) is 0 Å². The van der Waals surface area contributed by atoms with Crippen LogP contribution in [0.25, 0.3) is 0 Å². The van der Waals surface area contributed by atoms with E-state index in [1.807, 2.05) is 0 Å². The van der Waals surface area contributed by atoms with Crippen LogP contribution in [0.4, 0.5) is 10.8 Å². The van der Waals surface area contributed by atoms with Gasteiger partial charge < -0.3 is 16.4 Å². The number of nitrogens with one attached hydrogen (secondary N) is 2. The highest BCUT2D eigenvalue weighted by atomic mass is 32.1. The second-order valence-corrected chi connectivity index (χ2v) is 4.31. The molecular formula is C9H13N7OS. The molecule has 0 aromatic carbocycles. The smallest absolute Gasteiger partial charge is 0.257 e. The molecule has 0 aliphatic carbocycles. The SMILES string of the molecule is CNC(=O)c1c(N)nsc1NCc1ncn(C)n1. The van der Waals surface area contributed by atoms with Crippen molar-refractivity contribution in [2.45, 2.75) is 6.54 Å². The largest absolute Gasteiger partial charge is 0.382 e. The van der Waals surface area contributed by atoms with E-state index < -0.39 is 0 Å². The number of hydrogen-bond donors (Lipinski definition) is 3. The predicted molar refractivity (Wildman–Crippen MR) is 68.2 cm³/mol. The molecule has 2 rings (SSSR count). The van der Waals surface area contributed by atoms with Crippen LogP contribution in [0.1, 0.15) is 16.2 Å². The van der Waals surface area contributed by atoms with E-state index in [-0.39, 0.29) is 11.7 Å². The number of carbonyl (C=O) groups excluding carboxylic acids is 1. The number of nitrogens with zero attached hydrogens (tertiary/aromatic N) is 4. The molecule has 18 heavy (non-hydrogen) atoms. The molecule has 0 bridgehead atoms. The Morgan fingerprint density at radius 1 is 1.61 bits per heavy atom. The molecule has 0 unspecified atom stereocenters. The predicted octanol–water partition coefficient (Wildman–Crippen LogP) is -0.175. The maximum Gasteiger partial charge on any atom is 0.257 e. The molecule has 2 aromatic rings. The van der Waals surface area contributed by atoms with Gasteiger partial charge in [-0.2, -0.15) is 9.47 Å². The molecule has 9 heteroatoms. The van der Waals surface area contributed by atoms with Crippen LogP contribution in [-0.4, -0.2) is 32.1 Å². The zero-order valence-electron chi connectivity index (χ0n) is 9.97. The minimum Gasteiger partial charge on any atom is -0.382 e. The molecule has 2 aromatic heterocycles. The van der Waals surface area contributed by atoms with E-state index in [4.69, 9.17) is 5.73 Å². The lowest BCUT2D eigenvalue weighted by atomic mass is 10.3. The minimum atomic E-state index is -0.266. The van der Waals surface area contributed by atoms with Crippen LogP contribution in [0.15, 0.2) is 6.33 Å². The monoisotopic (exact) mass is 267 g/mol. The zero-order chi connectivity index (χ0) is 13.1. The molecule has 0 aliphatic heterocycles. The first kappa shape index (κ1) is 12.3. The van der Waals surface area contributed by atoms with E-state index in [1.165, 1.54) is 0 Å². The second kappa shape index (κ2) is 5.00. The van der Waals surface area contributed by atoms with Crippen LogP contribution in [-0.2, 0) is 13.6 Å². The molecular weight excluding hydrogens is 254 g/mol. The molecule has 8 nitrogen and oxygen atoms in total. The number of aromatic nitrogens is 4. The van der Waals surface area contributed by atoms with Crippen molar-refractivity contribution in [3.8, 4) is 0 Å². The van der Waals surface area contributed by atoms with Crippen LogP contribution in [0, 0.1) is 0 Å². The Kier molecular flexibility index (Phi) is 3.42. The van der Waals surface area contributed by atoms with Gasteiger partial charge in [-0.15, -0.1) is 0 Å².